The first kappa shape index (κ1) is 17.6. The molecule has 5 rings (SSSR count). The summed E-state index contributed by atoms with van der Waals surface area (Å²) < 4.78 is 20.3. The third kappa shape index (κ3) is 2.78. The van der Waals surface area contributed by atoms with Gasteiger partial charge < -0.3 is 15.0 Å². The molecule has 0 unspecified atom stereocenters. The van der Waals surface area contributed by atoms with Gasteiger partial charge in [-0.05, 0) is 49.6 Å². The Morgan fingerprint density at radius 3 is 3.07 bits per heavy atom. The highest BCUT2D eigenvalue weighted by atomic mass is 19.1. The van der Waals surface area contributed by atoms with Crippen LogP contribution in [-0.4, -0.2) is 42.2 Å². The van der Waals surface area contributed by atoms with E-state index in [1.807, 2.05) is 12.3 Å². The largest absolute Gasteiger partial charge is 0.369 e. The summed E-state index contributed by atoms with van der Waals surface area (Å²) in [5, 5.41) is 2.95. The third-order valence-electron chi connectivity index (χ3n) is 6.63. The van der Waals surface area contributed by atoms with Crippen LogP contribution in [-0.2, 0) is 4.74 Å². The van der Waals surface area contributed by atoms with Gasteiger partial charge in [0.25, 0.3) is 5.91 Å². The van der Waals surface area contributed by atoms with Gasteiger partial charge in [0.1, 0.15) is 11.6 Å². The number of anilines is 1. The summed E-state index contributed by atoms with van der Waals surface area (Å²) in [5.74, 6) is 0.752. The summed E-state index contributed by atoms with van der Waals surface area (Å²) in [6.45, 7) is 4.32. The van der Waals surface area contributed by atoms with E-state index < -0.39 is 5.82 Å². The number of fused-ring (bicyclic) bond motifs is 1. The zero-order chi connectivity index (χ0) is 19.3. The number of halogens is 1. The second-order valence-corrected chi connectivity index (χ2v) is 8.29. The standard InChI is InChI=1S/C22H24FN3O2/c1-14-7-9-24-20(10-14)26-12-17-16(19-6-8-22(17,13-26)28-19)11-25-21(27)15-4-2-3-5-18(15)23/h2-5,7,9-10,16-17,19H,6,8,11-13H2,1H3,(H,25,27)/t16-,17+,19+,22+/m0/s1. The van der Waals surface area contributed by atoms with E-state index in [1.54, 1.807) is 12.1 Å². The molecule has 0 saturated carbocycles. The Kier molecular flexibility index (Phi) is 4.12. The topological polar surface area (TPSA) is 54.5 Å². The van der Waals surface area contributed by atoms with Crippen LogP contribution in [0.5, 0.6) is 0 Å². The Morgan fingerprint density at radius 2 is 2.25 bits per heavy atom. The van der Waals surface area contributed by atoms with E-state index in [9.17, 15) is 9.18 Å². The molecule has 0 aliphatic carbocycles. The summed E-state index contributed by atoms with van der Waals surface area (Å²) >= 11 is 0. The Labute approximate surface area is 163 Å². The van der Waals surface area contributed by atoms with E-state index in [0.717, 1.165) is 31.7 Å². The fourth-order valence-corrected chi connectivity index (χ4v) is 5.28. The molecule has 2 bridgehead atoms. The number of nitrogens with one attached hydrogen (secondary N) is 1. The van der Waals surface area contributed by atoms with Gasteiger partial charge in [0.15, 0.2) is 0 Å². The second-order valence-electron chi connectivity index (χ2n) is 8.29. The van der Waals surface area contributed by atoms with Crippen LogP contribution in [0.1, 0.15) is 28.8 Å². The average molecular weight is 381 g/mol. The molecule has 1 amide bonds. The minimum absolute atomic E-state index is 0.0956. The fourth-order valence-electron chi connectivity index (χ4n) is 5.28. The second kappa shape index (κ2) is 6.55. The van der Waals surface area contributed by atoms with Crippen molar-refractivity contribution in [3.63, 3.8) is 0 Å². The Balaban J connectivity index is 1.31. The molecular weight excluding hydrogens is 357 g/mol. The Bertz CT molecular complexity index is 920. The number of benzene rings is 1. The summed E-state index contributed by atoms with van der Waals surface area (Å²) in [6, 6.07) is 10.2. The first-order valence-corrected chi connectivity index (χ1v) is 9.94. The predicted octanol–water partition coefficient (Wildman–Crippen LogP) is 2.94. The maximum Gasteiger partial charge on any atom is 0.254 e. The molecule has 4 heterocycles. The molecule has 1 spiro atoms. The number of ether oxygens (including phenoxy) is 1. The SMILES string of the molecule is Cc1ccnc(N2C[C@@H]3[C@H](CNC(=O)c4ccccc4F)[C@H]4CC[C@]3(C2)O4)c1. The zero-order valence-corrected chi connectivity index (χ0v) is 15.9. The van der Waals surface area contributed by atoms with Crippen LogP contribution < -0.4 is 10.2 Å². The van der Waals surface area contributed by atoms with Crippen molar-refractivity contribution in [3.8, 4) is 0 Å². The van der Waals surface area contributed by atoms with Crippen molar-refractivity contribution in [2.24, 2.45) is 11.8 Å². The lowest BCUT2D eigenvalue weighted by atomic mass is 9.73. The van der Waals surface area contributed by atoms with Gasteiger partial charge in [0.2, 0.25) is 0 Å². The highest BCUT2D eigenvalue weighted by molar-refractivity contribution is 5.94. The molecule has 1 N–H and O–H groups in total. The fraction of sp³-hybridized carbons (Fsp3) is 0.455. The van der Waals surface area contributed by atoms with E-state index in [2.05, 4.69) is 28.2 Å². The van der Waals surface area contributed by atoms with Crippen LogP contribution in [0.4, 0.5) is 10.2 Å². The van der Waals surface area contributed by atoms with Crippen molar-refractivity contribution in [2.45, 2.75) is 31.5 Å². The number of hydrogen-bond donors (Lipinski definition) is 1. The minimum Gasteiger partial charge on any atom is -0.369 e. The lowest BCUT2D eigenvalue weighted by Gasteiger charge is -2.29. The highest BCUT2D eigenvalue weighted by Crippen LogP contribution is 2.55. The monoisotopic (exact) mass is 381 g/mol. The molecule has 3 aliphatic heterocycles. The molecule has 0 radical (unpaired) electrons. The minimum atomic E-state index is -0.488. The number of aryl methyl sites for hydroxylation is 1. The number of amides is 1. The van der Waals surface area contributed by atoms with Gasteiger partial charge >= 0.3 is 0 Å². The molecule has 2 aromatic rings. The molecule has 6 heteroatoms. The van der Waals surface area contributed by atoms with Crippen LogP contribution in [0, 0.1) is 24.6 Å². The number of rotatable bonds is 4. The van der Waals surface area contributed by atoms with Crippen molar-refractivity contribution in [1.29, 1.82) is 0 Å². The quantitative estimate of drug-likeness (QED) is 0.885. The number of nitrogens with zero attached hydrogens (tertiary/aromatic N) is 2. The van der Waals surface area contributed by atoms with Crippen LogP contribution in [0.2, 0.25) is 0 Å². The van der Waals surface area contributed by atoms with E-state index >= 15 is 0 Å². The molecule has 3 saturated heterocycles. The number of pyridine rings is 1. The summed E-state index contributed by atoms with van der Waals surface area (Å²) in [6.07, 6.45) is 4.10. The Morgan fingerprint density at radius 1 is 1.39 bits per heavy atom. The highest BCUT2D eigenvalue weighted by Gasteiger charge is 2.63. The molecule has 4 atom stereocenters. The summed E-state index contributed by atoms with van der Waals surface area (Å²) in [4.78, 5) is 19.3. The molecule has 1 aromatic heterocycles. The van der Waals surface area contributed by atoms with Crippen LogP contribution in [0.25, 0.3) is 0 Å². The first-order valence-electron chi connectivity index (χ1n) is 9.94. The van der Waals surface area contributed by atoms with Crippen LogP contribution in [0.15, 0.2) is 42.6 Å². The molecule has 3 fully saturated rings. The predicted molar refractivity (Wildman–Crippen MR) is 104 cm³/mol. The number of hydrogen-bond acceptors (Lipinski definition) is 4. The lowest BCUT2D eigenvalue weighted by molar-refractivity contribution is 0.0141. The maximum atomic E-state index is 13.9. The van der Waals surface area contributed by atoms with Crippen molar-refractivity contribution in [2.75, 3.05) is 24.5 Å². The van der Waals surface area contributed by atoms with Gasteiger partial charge in [0.05, 0.1) is 17.3 Å². The van der Waals surface area contributed by atoms with E-state index in [-0.39, 0.29) is 29.1 Å². The molecule has 3 aliphatic rings. The molecule has 1 aromatic carbocycles. The van der Waals surface area contributed by atoms with Gasteiger partial charge in [-0.15, -0.1) is 0 Å². The van der Waals surface area contributed by atoms with Gasteiger partial charge in [-0.25, -0.2) is 9.37 Å². The van der Waals surface area contributed by atoms with Crippen molar-refractivity contribution in [3.05, 3.63) is 59.5 Å². The number of carbonyl (C=O) groups excluding carboxylic acids is 1. The zero-order valence-electron chi connectivity index (χ0n) is 15.9. The molecule has 28 heavy (non-hydrogen) atoms. The van der Waals surface area contributed by atoms with Crippen molar-refractivity contribution >= 4 is 11.7 Å². The van der Waals surface area contributed by atoms with Crippen LogP contribution in [0.3, 0.4) is 0 Å². The van der Waals surface area contributed by atoms with Crippen molar-refractivity contribution < 1.29 is 13.9 Å². The number of carbonyl (C=O) groups is 1. The van der Waals surface area contributed by atoms with Crippen LogP contribution >= 0.6 is 0 Å². The van der Waals surface area contributed by atoms with Crippen molar-refractivity contribution in [1.82, 2.24) is 10.3 Å². The molecule has 146 valence electrons. The van der Waals surface area contributed by atoms with E-state index in [1.165, 1.54) is 17.7 Å². The molecule has 5 nitrogen and oxygen atoms in total. The normalized spacial score (nSPS) is 30.5. The third-order valence-corrected chi connectivity index (χ3v) is 6.63. The molecular formula is C22H24FN3O2. The van der Waals surface area contributed by atoms with Gasteiger partial charge in [0, 0.05) is 37.7 Å². The lowest BCUT2D eigenvalue weighted by Crippen LogP contribution is -2.42. The average Bonchev–Trinajstić information content (AvgIpc) is 3.35. The Hall–Kier alpha value is -2.47. The number of aromatic nitrogens is 1. The van der Waals surface area contributed by atoms with Gasteiger partial charge in [-0.3, -0.25) is 4.79 Å². The van der Waals surface area contributed by atoms with Gasteiger partial charge in [-0.1, -0.05) is 12.1 Å². The smallest absolute Gasteiger partial charge is 0.254 e. The van der Waals surface area contributed by atoms with Gasteiger partial charge in [-0.2, -0.15) is 0 Å². The van der Waals surface area contributed by atoms with E-state index in [4.69, 9.17) is 4.74 Å². The first-order chi connectivity index (χ1) is 13.6. The van der Waals surface area contributed by atoms with E-state index in [0.29, 0.717) is 12.5 Å². The summed E-state index contributed by atoms with van der Waals surface area (Å²) in [5.41, 5.74) is 1.15. The summed E-state index contributed by atoms with van der Waals surface area (Å²) in [7, 11) is 0. The maximum absolute atomic E-state index is 13.9.